The van der Waals surface area contributed by atoms with Crippen molar-refractivity contribution in [2.45, 2.75) is 20.3 Å². The van der Waals surface area contributed by atoms with Crippen molar-refractivity contribution in [3.63, 3.8) is 0 Å². The van der Waals surface area contributed by atoms with Gasteiger partial charge in [0.2, 0.25) is 5.91 Å². The van der Waals surface area contributed by atoms with Crippen molar-refractivity contribution in [1.82, 2.24) is 4.90 Å². The topological polar surface area (TPSA) is 55.6 Å². The first-order valence-electron chi connectivity index (χ1n) is 7.61. The maximum absolute atomic E-state index is 11.1. The molecule has 114 valence electrons. The largest absolute Gasteiger partial charge is 0.380 e. The number of benzene rings is 1. The summed E-state index contributed by atoms with van der Waals surface area (Å²) < 4.78 is 5.69. The third-order valence-corrected chi connectivity index (χ3v) is 5.40. The molecule has 0 aliphatic carbocycles. The van der Waals surface area contributed by atoms with Crippen LogP contribution < -0.4 is 5.73 Å². The Morgan fingerprint density at radius 3 is 2.29 bits per heavy atom. The number of hydrogen-bond acceptors (Lipinski definition) is 3. The molecule has 2 aliphatic heterocycles. The second-order valence-electron chi connectivity index (χ2n) is 7.14. The standard InChI is InChI=1S/C17H24N2O2/c1-16-9-19(10-17(16,2)12-21-11-16)8-7-13-3-5-14(6-4-13)15(18)20/h3-6H,7-12H2,1-2H3,(H2,18,20)/t16-,17+. The number of primary amides is 1. The predicted octanol–water partition coefficient (Wildman–Crippen LogP) is 1.69. The molecule has 2 atom stereocenters. The number of fused-ring (bicyclic) bond motifs is 1. The highest BCUT2D eigenvalue weighted by Crippen LogP contribution is 2.50. The number of likely N-dealkylation sites (tertiary alicyclic amines) is 1. The van der Waals surface area contributed by atoms with Crippen LogP contribution in [0.25, 0.3) is 0 Å². The number of amides is 1. The Kier molecular flexibility index (Phi) is 3.54. The van der Waals surface area contributed by atoms with Crippen molar-refractivity contribution >= 4 is 5.91 Å². The molecular weight excluding hydrogens is 264 g/mol. The Morgan fingerprint density at radius 1 is 1.19 bits per heavy atom. The third kappa shape index (κ3) is 2.58. The van der Waals surface area contributed by atoms with Crippen molar-refractivity contribution in [3.8, 4) is 0 Å². The molecule has 4 nitrogen and oxygen atoms in total. The van der Waals surface area contributed by atoms with Gasteiger partial charge in [-0.3, -0.25) is 4.79 Å². The molecule has 2 N–H and O–H groups in total. The maximum atomic E-state index is 11.1. The third-order valence-electron chi connectivity index (χ3n) is 5.40. The summed E-state index contributed by atoms with van der Waals surface area (Å²) >= 11 is 0. The van der Waals surface area contributed by atoms with Gasteiger partial charge in [-0.2, -0.15) is 0 Å². The summed E-state index contributed by atoms with van der Waals surface area (Å²) in [5, 5.41) is 0. The van der Waals surface area contributed by atoms with Crippen LogP contribution in [-0.2, 0) is 11.2 Å². The van der Waals surface area contributed by atoms with Crippen molar-refractivity contribution in [1.29, 1.82) is 0 Å². The Labute approximate surface area is 126 Å². The van der Waals surface area contributed by atoms with Crippen molar-refractivity contribution in [2.24, 2.45) is 16.6 Å². The van der Waals surface area contributed by atoms with E-state index >= 15 is 0 Å². The molecule has 2 saturated heterocycles. The average Bonchev–Trinajstić information content (AvgIpc) is 2.84. The first-order chi connectivity index (χ1) is 9.92. The molecule has 4 heteroatoms. The summed E-state index contributed by atoms with van der Waals surface area (Å²) in [5.74, 6) is -0.366. The first kappa shape index (κ1) is 14.5. The van der Waals surface area contributed by atoms with Crippen LogP contribution in [-0.4, -0.2) is 43.7 Å². The Balaban J connectivity index is 1.58. The van der Waals surface area contributed by atoms with Gasteiger partial charge in [-0.1, -0.05) is 26.0 Å². The Hall–Kier alpha value is -1.39. The molecule has 0 aromatic heterocycles. The first-order valence-corrected chi connectivity index (χ1v) is 7.61. The number of carbonyl (C=O) groups is 1. The predicted molar refractivity (Wildman–Crippen MR) is 82.1 cm³/mol. The van der Waals surface area contributed by atoms with Gasteiger partial charge >= 0.3 is 0 Å². The normalized spacial score (nSPS) is 32.3. The van der Waals surface area contributed by atoms with E-state index in [1.54, 1.807) is 0 Å². The van der Waals surface area contributed by atoms with E-state index in [9.17, 15) is 4.79 Å². The molecule has 2 aliphatic rings. The highest BCUT2D eigenvalue weighted by molar-refractivity contribution is 5.92. The van der Waals surface area contributed by atoms with Crippen molar-refractivity contribution in [3.05, 3.63) is 35.4 Å². The fraction of sp³-hybridized carbons (Fsp3) is 0.588. The van der Waals surface area contributed by atoms with Gasteiger partial charge in [0.1, 0.15) is 0 Å². The summed E-state index contributed by atoms with van der Waals surface area (Å²) in [6, 6.07) is 7.63. The number of carbonyl (C=O) groups excluding carboxylic acids is 1. The summed E-state index contributed by atoms with van der Waals surface area (Å²) in [4.78, 5) is 13.6. The van der Waals surface area contributed by atoms with E-state index < -0.39 is 0 Å². The van der Waals surface area contributed by atoms with Crippen molar-refractivity contribution in [2.75, 3.05) is 32.8 Å². The number of nitrogens with zero attached hydrogens (tertiary/aromatic N) is 1. The van der Waals surface area contributed by atoms with E-state index in [4.69, 9.17) is 10.5 Å². The molecule has 0 bridgehead atoms. The number of nitrogens with two attached hydrogens (primary N) is 1. The summed E-state index contributed by atoms with van der Waals surface area (Å²) in [7, 11) is 0. The minimum Gasteiger partial charge on any atom is -0.380 e. The molecule has 0 saturated carbocycles. The molecule has 1 aromatic rings. The summed E-state index contributed by atoms with van der Waals surface area (Å²) in [6.45, 7) is 9.75. The number of rotatable bonds is 4. The molecule has 21 heavy (non-hydrogen) atoms. The van der Waals surface area contributed by atoms with E-state index in [2.05, 4.69) is 18.7 Å². The molecule has 1 amide bonds. The minimum absolute atomic E-state index is 0.294. The zero-order valence-corrected chi connectivity index (χ0v) is 12.9. The fourth-order valence-corrected chi connectivity index (χ4v) is 3.65. The van der Waals surface area contributed by atoms with E-state index in [1.165, 1.54) is 5.56 Å². The zero-order chi connectivity index (χ0) is 15.1. The second kappa shape index (κ2) is 5.11. The van der Waals surface area contributed by atoms with Gasteiger partial charge in [0.05, 0.1) is 13.2 Å². The average molecular weight is 288 g/mol. The lowest BCUT2D eigenvalue weighted by Gasteiger charge is -2.29. The van der Waals surface area contributed by atoms with E-state index in [0.29, 0.717) is 16.4 Å². The Morgan fingerprint density at radius 2 is 1.76 bits per heavy atom. The smallest absolute Gasteiger partial charge is 0.248 e. The molecule has 0 radical (unpaired) electrons. The number of hydrogen-bond donors (Lipinski definition) is 1. The second-order valence-corrected chi connectivity index (χ2v) is 7.14. The van der Waals surface area contributed by atoms with E-state index in [0.717, 1.165) is 39.3 Å². The van der Waals surface area contributed by atoms with E-state index in [-0.39, 0.29) is 5.91 Å². The van der Waals surface area contributed by atoms with Crippen LogP contribution in [0.1, 0.15) is 29.8 Å². The summed E-state index contributed by atoms with van der Waals surface area (Å²) in [5.41, 5.74) is 7.68. The van der Waals surface area contributed by atoms with Gasteiger partial charge in [0.15, 0.2) is 0 Å². The van der Waals surface area contributed by atoms with Crippen LogP contribution in [0.3, 0.4) is 0 Å². The van der Waals surface area contributed by atoms with Crippen LogP contribution in [0, 0.1) is 10.8 Å². The van der Waals surface area contributed by atoms with Gasteiger partial charge in [0, 0.05) is 36.0 Å². The van der Waals surface area contributed by atoms with Crippen molar-refractivity contribution < 1.29 is 9.53 Å². The molecule has 0 spiro atoms. The highest BCUT2D eigenvalue weighted by Gasteiger charge is 2.55. The monoisotopic (exact) mass is 288 g/mol. The lowest BCUT2D eigenvalue weighted by Crippen LogP contribution is -2.34. The van der Waals surface area contributed by atoms with Gasteiger partial charge in [-0.05, 0) is 24.1 Å². The van der Waals surface area contributed by atoms with Crippen LogP contribution in [0.4, 0.5) is 0 Å². The van der Waals surface area contributed by atoms with Gasteiger partial charge in [-0.25, -0.2) is 0 Å². The fourth-order valence-electron chi connectivity index (χ4n) is 3.65. The number of ether oxygens (including phenoxy) is 1. The van der Waals surface area contributed by atoms with Gasteiger partial charge in [-0.15, -0.1) is 0 Å². The molecule has 2 fully saturated rings. The molecule has 3 rings (SSSR count). The zero-order valence-electron chi connectivity index (χ0n) is 12.9. The SMILES string of the molecule is C[C@@]12COC[C@]1(C)CN(CCc1ccc(C(N)=O)cc1)C2. The molecule has 1 aromatic carbocycles. The van der Waals surface area contributed by atoms with Crippen LogP contribution in [0.2, 0.25) is 0 Å². The summed E-state index contributed by atoms with van der Waals surface area (Å²) in [6.07, 6.45) is 1.01. The quantitative estimate of drug-likeness (QED) is 0.917. The highest BCUT2D eigenvalue weighted by atomic mass is 16.5. The lowest BCUT2D eigenvalue weighted by molar-refractivity contribution is 0.100. The van der Waals surface area contributed by atoms with Gasteiger partial charge in [0.25, 0.3) is 0 Å². The molecular formula is C17H24N2O2. The Bertz CT molecular complexity index is 524. The minimum atomic E-state index is -0.366. The lowest BCUT2D eigenvalue weighted by atomic mass is 9.71. The molecule has 2 heterocycles. The van der Waals surface area contributed by atoms with Gasteiger partial charge < -0.3 is 15.4 Å². The van der Waals surface area contributed by atoms with Crippen LogP contribution in [0.15, 0.2) is 24.3 Å². The van der Waals surface area contributed by atoms with Crippen LogP contribution in [0.5, 0.6) is 0 Å². The van der Waals surface area contributed by atoms with E-state index in [1.807, 2.05) is 24.3 Å². The maximum Gasteiger partial charge on any atom is 0.248 e. The van der Waals surface area contributed by atoms with Crippen LogP contribution >= 0.6 is 0 Å². The molecule has 0 unspecified atom stereocenters.